The van der Waals surface area contributed by atoms with Crippen molar-refractivity contribution in [2.75, 3.05) is 26.2 Å². The van der Waals surface area contributed by atoms with Crippen LogP contribution in [-0.4, -0.2) is 37.0 Å². The van der Waals surface area contributed by atoms with Gasteiger partial charge in [-0.15, -0.1) is 0 Å². The lowest BCUT2D eigenvalue weighted by Gasteiger charge is -2.29. The number of nitrogens with one attached hydrogen (secondary N) is 1. The van der Waals surface area contributed by atoms with Crippen molar-refractivity contribution in [1.29, 1.82) is 0 Å². The summed E-state index contributed by atoms with van der Waals surface area (Å²) in [6.45, 7) is 12.2. The van der Waals surface area contributed by atoms with E-state index in [1.807, 2.05) is 11.8 Å². The van der Waals surface area contributed by atoms with Gasteiger partial charge in [0.15, 0.2) is 0 Å². The van der Waals surface area contributed by atoms with Gasteiger partial charge < -0.3 is 10.2 Å². The van der Waals surface area contributed by atoms with Crippen LogP contribution in [0.4, 0.5) is 0 Å². The van der Waals surface area contributed by atoms with Crippen LogP contribution in [0.15, 0.2) is 0 Å². The molecule has 1 aliphatic rings. The van der Waals surface area contributed by atoms with Gasteiger partial charge in [-0.1, -0.05) is 27.7 Å². The van der Waals surface area contributed by atoms with E-state index in [0.29, 0.717) is 12.0 Å². The lowest BCUT2D eigenvalue weighted by Crippen LogP contribution is -2.39. The number of carbonyl (C=O) groups excluding carboxylic acids is 1. The second kappa shape index (κ2) is 6.39. The Kier molecular flexibility index (Phi) is 5.44. The molecule has 1 unspecified atom stereocenters. The number of rotatable bonds is 3. The summed E-state index contributed by atoms with van der Waals surface area (Å²) in [6, 6.07) is 0. The highest BCUT2D eigenvalue weighted by atomic mass is 16.2. The molecule has 17 heavy (non-hydrogen) atoms. The topological polar surface area (TPSA) is 32.3 Å². The second-order valence-corrected chi connectivity index (χ2v) is 6.15. The van der Waals surface area contributed by atoms with Gasteiger partial charge in [0.25, 0.3) is 0 Å². The molecule has 3 nitrogen and oxygen atoms in total. The van der Waals surface area contributed by atoms with E-state index in [2.05, 4.69) is 26.1 Å². The largest absolute Gasteiger partial charge is 0.342 e. The van der Waals surface area contributed by atoms with E-state index in [9.17, 15) is 4.79 Å². The van der Waals surface area contributed by atoms with E-state index in [-0.39, 0.29) is 5.91 Å². The summed E-state index contributed by atoms with van der Waals surface area (Å²) in [7, 11) is 0. The van der Waals surface area contributed by atoms with Gasteiger partial charge in [-0.05, 0) is 37.1 Å². The Hall–Kier alpha value is -0.570. The Bertz CT molecular complexity index is 245. The first-order valence-electron chi connectivity index (χ1n) is 6.93. The fourth-order valence-corrected chi connectivity index (χ4v) is 2.56. The second-order valence-electron chi connectivity index (χ2n) is 6.15. The van der Waals surface area contributed by atoms with Crippen LogP contribution in [-0.2, 0) is 4.79 Å². The highest BCUT2D eigenvalue weighted by Gasteiger charge is 2.28. The Morgan fingerprint density at radius 2 is 2.00 bits per heavy atom. The molecule has 1 atom stereocenters. The molecule has 1 N–H and O–H groups in total. The highest BCUT2D eigenvalue weighted by molar-refractivity contribution is 5.78. The molecule has 0 saturated carbocycles. The number of hydrogen-bond acceptors (Lipinski definition) is 2. The van der Waals surface area contributed by atoms with Crippen molar-refractivity contribution in [3.63, 3.8) is 0 Å². The van der Waals surface area contributed by atoms with Gasteiger partial charge in [-0.3, -0.25) is 4.79 Å². The molecule has 0 bridgehead atoms. The summed E-state index contributed by atoms with van der Waals surface area (Å²) in [6.07, 6.45) is 3.57. The fourth-order valence-electron chi connectivity index (χ4n) is 2.56. The minimum Gasteiger partial charge on any atom is -0.342 e. The minimum absolute atomic E-state index is 0.265. The van der Waals surface area contributed by atoms with Crippen LogP contribution in [0.1, 0.15) is 47.0 Å². The summed E-state index contributed by atoms with van der Waals surface area (Å²) < 4.78 is 0. The molecule has 0 radical (unpaired) electrons. The molecule has 0 aromatic carbocycles. The first-order valence-corrected chi connectivity index (χ1v) is 6.93. The van der Waals surface area contributed by atoms with Crippen molar-refractivity contribution in [3.05, 3.63) is 0 Å². The fraction of sp³-hybridized carbons (Fsp3) is 0.929. The van der Waals surface area contributed by atoms with E-state index in [1.54, 1.807) is 0 Å². The molecule has 3 heteroatoms. The lowest BCUT2D eigenvalue weighted by atomic mass is 9.77. The van der Waals surface area contributed by atoms with Gasteiger partial charge in [-0.25, -0.2) is 0 Å². The van der Waals surface area contributed by atoms with Gasteiger partial charge in [0.1, 0.15) is 0 Å². The van der Waals surface area contributed by atoms with Gasteiger partial charge in [0.05, 0.1) is 6.54 Å². The van der Waals surface area contributed by atoms with Crippen LogP contribution in [0, 0.1) is 11.3 Å². The van der Waals surface area contributed by atoms with Crippen LogP contribution in [0.2, 0.25) is 0 Å². The number of amides is 1. The number of likely N-dealkylation sites (N-methyl/N-ethyl adjacent to an activating group) is 1. The van der Waals surface area contributed by atoms with E-state index in [4.69, 9.17) is 0 Å². The van der Waals surface area contributed by atoms with E-state index in [1.165, 1.54) is 6.42 Å². The van der Waals surface area contributed by atoms with Crippen LogP contribution in [0.5, 0.6) is 0 Å². The summed E-state index contributed by atoms with van der Waals surface area (Å²) in [5, 5.41) is 3.12. The van der Waals surface area contributed by atoms with E-state index in [0.717, 1.165) is 38.4 Å². The minimum atomic E-state index is 0.265. The van der Waals surface area contributed by atoms with Gasteiger partial charge in [0, 0.05) is 13.1 Å². The van der Waals surface area contributed by atoms with Crippen LogP contribution >= 0.6 is 0 Å². The van der Waals surface area contributed by atoms with Gasteiger partial charge in [-0.2, -0.15) is 0 Å². The molecule has 0 spiro atoms. The van der Waals surface area contributed by atoms with E-state index >= 15 is 0 Å². The summed E-state index contributed by atoms with van der Waals surface area (Å²) >= 11 is 0. The third-order valence-electron chi connectivity index (χ3n) is 3.83. The van der Waals surface area contributed by atoms with Crippen LogP contribution < -0.4 is 5.32 Å². The molecule has 1 aliphatic heterocycles. The van der Waals surface area contributed by atoms with Crippen LogP contribution in [0.3, 0.4) is 0 Å². The Balaban J connectivity index is 2.45. The molecule has 1 amide bonds. The number of nitrogens with zero attached hydrogens (tertiary/aromatic N) is 1. The average Bonchev–Trinajstić information content (AvgIpc) is 2.50. The van der Waals surface area contributed by atoms with Crippen molar-refractivity contribution in [1.82, 2.24) is 10.2 Å². The number of hydrogen-bond donors (Lipinski definition) is 1. The van der Waals surface area contributed by atoms with Crippen molar-refractivity contribution < 1.29 is 4.79 Å². The molecule has 0 aromatic rings. The predicted molar refractivity (Wildman–Crippen MR) is 71.9 cm³/mol. The highest BCUT2D eigenvalue weighted by Crippen LogP contribution is 2.34. The average molecular weight is 240 g/mol. The standard InChI is InChI=1S/C14H28N2O/c1-5-15-11-13(17)16-9-6-7-12(8-10-16)14(2,3)4/h12,15H,5-11H2,1-4H3. The monoisotopic (exact) mass is 240 g/mol. The summed E-state index contributed by atoms with van der Waals surface area (Å²) in [5.41, 5.74) is 0.376. The third-order valence-corrected chi connectivity index (χ3v) is 3.83. The third kappa shape index (κ3) is 4.66. The zero-order chi connectivity index (χ0) is 12.9. The van der Waals surface area contributed by atoms with Crippen LogP contribution in [0.25, 0.3) is 0 Å². The molecule has 1 heterocycles. The first-order chi connectivity index (χ1) is 7.95. The van der Waals surface area contributed by atoms with Gasteiger partial charge >= 0.3 is 0 Å². The molecule has 1 saturated heterocycles. The van der Waals surface area contributed by atoms with E-state index < -0.39 is 0 Å². The molecular formula is C14H28N2O. The summed E-state index contributed by atoms with van der Waals surface area (Å²) in [4.78, 5) is 14.0. The number of carbonyl (C=O) groups is 1. The molecule has 1 fully saturated rings. The smallest absolute Gasteiger partial charge is 0.236 e. The zero-order valence-electron chi connectivity index (χ0n) is 11.9. The van der Waals surface area contributed by atoms with Crippen molar-refractivity contribution in [3.8, 4) is 0 Å². The zero-order valence-corrected chi connectivity index (χ0v) is 11.9. The Labute approximate surface area is 106 Å². The maximum absolute atomic E-state index is 11.9. The normalized spacial score (nSPS) is 22.4. The Morgan fingerprint density at radius 1 is 1.29 bits per heavy atom. The molecule has 0 aromatic heterocycles. The molecule has 0 aliphatic carbocycles. The predicted octanol–water partition coefficient (Wildman–Crippen LogP) is 2.27. The van der Waals surface area contributed by atoms with Crippen molar-refractivity contribution >= 4 is 5.91 Å². The molecule has 1 rings (SSSR count). The van der Waals surface area contributed by atoms with Crippen molar-refractivity contribution in [2.45, 2.75) is 47.0 Å². The summed E-state index contributed by atoms with van der Waals surface area (Å²) in [5.74, 6) is 1.01. The molecular weight excluding hydrogens is 212 g/mol. The maximum atomic E-state index is 11.9. The first kappa shape index (κ1) is 14.5. The number of likely N-dealkylation sites (tertiary alicyclic amines) is 1. The maximum Gasteiger partial charge on any atom is 0.236 e. The Morgan fingerprint density at radius 3 is 2.59 bits per heavy atom. The SMILES string of the molecule is CCNCC(=O)N1CCCC(C(C)(C)C)CC1. The van der Waals surface area contributed by atoms with Gasteiger partial charge in [0.2, 0.25) is 5.91 Å². The quantitative estimate of drug-likeness (QED) is 0.821. The molecule has 100 valence electrons. The van der Waals surface area contributed by atoms with Crippen molar-refractivity contribution in [2.24, 2.45) is 11.3 Å². The lowest BCUT2D eigenvalue weighted by molar-refractivity contribution is -0.130.